The lowest BCUT2D eigenvalue weighted by Crippen LogP contribution is -2.27. The van der Waals surface area contributed by atoms with Crippen molar-refractivity contribution < 1.29 is 28.6 Å². The minimum Gasteiger partial charge on any atom is -0.478 e. The number of hydrogen-bond acceptors (Lipinski definition) is 5. The molecule has 1 aliphatic rings. The van der Waals surface area contributed by atoms with Gasteiger partial charge >= 0.3 is 5.97 Å². The summed E-state index contributed by atoms with van der Waals surface area (Å²) in [6.07, 6.45) is 2.51. The largest absolute Gasteiger partial charge is 0.478 e. The van der Waals surface area contributed by atoms with Crippen molar-refractivity contribution in [3.8, 4) is 0 Å². The molecule has 0 spiro atoms. The first-order valence-corrected chi connectivity index (χ1v) is 7.73. The fourth-order valence-corrected chi connectivity index (χ4v) is 2.50. The summed E-state index contributed by atoms with van der Waals surface area (Å²) in [4.78, 5) is 24.5. The predicted molar refractivity (Wildman–Crippen MR) is 81.3 cm³/mol. The van der Waals surface area contributed by atoms with Crippen LogP contribution in [0.4, 0.5) is 0 Å². The molecular formula is C16H23NO6. The van der Waals surface area contributed by atoms with Crippen LogP contribution in [0.1, 0.15) is 41.1 Å². The van der Waals surface area contributed by atoms with Crippen LogP contribution in [0, 0.1) is 6.92 Å². The SMILES string of the molecule is Cc1oc(CN(C)C(=O)CCOCC2CCCO2)cc1C(=O)O. The zero-order valence-corrected chi connectivity index (χ0v) is 13.5. The maximum Gasteiger partial charge on any atom is 0.339 e. The summed E-state index contributed by atoms with van der Waals surface area (Å²) >= 11 is 0. The second-order valence-electron chi connectivity index (χ2n) is 5.70. The van der Waals surface area contributed by atoms with Gasteiger partial charge in [-0.2, -0.15) is 0 Å². The van der Waals surface area contributed by atoms with E-state index in [1.165, 1.54) is 11.0 Å². The lowest BCUT2D eigenvalue weighted by Gasteiger charge is -2.16. The maximum absolute atomic E-state index is 12.0. The van der Waals surface area contributed by atoms with E-state index in [0.717, 1.165) is 19.4 Å². The molecule has 1 fully saturated rings. The van der Waals surface area contributed by atoms with Crippen LogP contribution in [0.3, 0.4) is 0 Å². The number of ether oxygens (including phenoxy) is 2. The van der Waals surface area contributed by atoms with Crippen molar-refractivity contribution in [2.45, 2.75) is 38.8 Å². The average molecular weight is 325 g/mol. The first kappa shape index (κ1) is 17.5. The number of aromatic carboxylic acids is 1. The summed E-state index contributed by atoms with van der Waals surface area (Å²) in [5, 5.41) is 8.99. The van der Waals surface area contributed by atoms with Gasteiger partial charge in [0, 0.05) is 13.7 Å². The van der Waals surface area contributed by atoms with Gasteiger partial charge in [-0.05, 0) is 25.8 Å². The molecule has 1 aromatic heterocycles. The Kier molecular flexibility index (Phi) is 6.18. The van der Waals surface area contributed by atoms with Gasteiger partial charge in [-0.25, -0.2) is 4.79 Å². The van der Waals surface area contributed by atoms with Gasteiger partial charge in [-0.3, -0.25) is 4.79 Å². The van der Waals surface area contributed by atoms with Gasteiger partial charge < -0.3 is 23.9 Å². The van der Waals surface area contributed by atoms with Crippen LogP contribution in [-0.4, -0.2) is 54.9 Å². The van der Waals surface area contributed by atoms with Crippen molar-refractivity contribution in [3.63, 3.8) is 0 Å². The van der Waals surface area contributed by atoms with Gasteiger partial charge in [0.2, 0.25) is 5.91 Å². The number of carboxylic acid groups (broad SMARTS) is 1. The Hall–Kier alpha value is -1.86. The highest BCUT2D eigenvalue weighted by Gasteiger charge is 2.18. The van der Waals surface area contributed by atoms with Gasteiger partial charge in [0.25, 0.3) is 0 Å². The molecule has 1 atom stereocenters. The maximum atomic E-state index is 12.0. The third kappa shape index (κ3) is 5.07. The third-order valence-electron chi connectivity index (χ3n) is 3.81. The lowest BCUT2D eigenvalue weighted by atomic mass is 10.2. The highest BCUT2D eigenvalue weighted by Crippen LogP contribution is 2.16. The Labute approximate surface area is 135 Å². The van der Waals surface area contributed by atoms with Crippen LogP contribution in [-0.2, 0) is 20.8 Å². The smallest absolute Gasteiger partial charge is 0.339 e. The van der Waals surface area contributed by atoms with Gasteiger partial charge in [-0.15, -0.1) is 0 Å². The molecule has 1 unspecified atom stereocenters. The summed E-state index contributed by atoms with van der Waals surface area (Å²) < 4.78 is 16.3. The lowest BCUT2D eigenvalue weighted by molar-refractivity contribution is -0.132. The Morgan fingerprint density at radius 3 is 2.87 bits per heavy atom. The van der Waals surface area contributed by atoms with Crippen molar-refractivity contribution in [2.24, 2.45) is 0 Å². The molecule has 0 radical (unpaired) electrons. The summed E-state index contributed by atoms with van der Waals surface area (Å²) in [7, 11) is 1.65. The molecule has 1 saturated heterocycles. The van der Waals surface area contributed by atoms with Crippen molar-refractivity contribution in [2.75, 3.05) is 26.9 Å². The standard InChI is InChI=1S/C16H23NO6/c1-11-14(16(19)20)8-13(23-11)9-17(2)15(18)5-7-21-10-12-4-3-6-22-12/h8,12H,3-7,9-10H2,1-2H3,(H,19,20). The van der Waals surface area contributed by atoms with Crippen LogP contribution in [0.15, 0.2) is 10.5 Å². The number of carbonyl (C=O) groups excluding carboxylic acids is 1. The number of hydrogen-bond donors (Lipinski definition) is 1. The molecule has 0 saturated carbocycles. The van der Waals surface area contributed by atoms with E-state index >= 15 is 0 Å². The quantitative estimate of drug-likeness (QED) is 0.734. The molecule has 2 rings (SSSR count). The molecule has 128 valence electrons. The molecule has 1 aromatic rings. The van der Waals surface area contributed by atoms with E-state index in [4.69, 9.17) is 19.0 Å². The Balaban J connectivity index is 1.71. The van der Waals surface area contributed by atoms with Crippen LogP contribution in [0.5, 0.6) is 0 Å². The van der Waals surface area contributed by atoms with Crippen LogP contribution >= 0.6 is 0 Å². The monoisotopic (exact) mass is 325 g/mol. The second kappa shape index (κ2) is 8.12. The molecule has 1 aliphatic heterocycles. The number of aryl methyl sites for hydroxylation is 1. The van der Waals surface area contributed by atoms with Crippen molar-refractivity contribution in [1.29, 1.82) is 0 Å². The van der Waals surface area contributed by atoms with E-state index in [1.54, 1.807) is 14.0 Å². The minimum atomic E-state index is -1.03. The zero-order chi connectivity index (χ0) is 16.8. The van der Waals surface area contributed by atoms with Crippen LogP contribution < -0.4 is 0 Å². The predicted octanol–water partition coefficient (Wildman–Crippen LogP) is 1.83. The highest BCUT2D eigenvalue weighted by molar-refractivity contribution is 5.88. The topological polar surface area (TPSA) is 89.2 Å². The number of carbonyl (C=O) groups is 2. The van der Waals surface area contributed by atoms with Crippen molar-refractivity contribution >= 4 is 11.9 Å². The molecule has 2 heterocycles. The summed E-state index contributed by atoms with van der Waals surface area (Å²) in [5.74, 6) is -0.318. The number of nitrogens with zero attached hydrogens (tertiary/aromatic N) is 1. The number of furan rings is 1. The third-order valence-corrected chi connectivity index (χ3v) is 3.81. The van der Waals surface area contributed by atoms with E-state index in [2.05, 4.69) is 0 Å². The van der Waals surface area contributed by atoms with Crippen molar-refractivity contribution in [1.82, 2.24) is 4.90 Å². The average Bonchev–Trinajstić information content (AvgIpc) is 3.12. The van der Waals surface area contributed by atoms with Crippen molar-refractivity contribution in [3.05, 3.63) is 23.2 Å². The van der Waals surface area contributed by atoms with Gasteiger partial charge in [0.15, 0.2) is 0 Å². The number of carboxylic acids is 1. The Morgan fingerprint density at radius 2 is 2.26 bits per heavy atom. The first-order valence-electron chi connectivity index (χ1n) is 7.73. The summed E-state index contributed by atoms with van der Waals surface area (Å²) in [5.41, 5.74) is 0.126. The van der Waals surface area contributed by atoms with E-state index in [9.17, 15) is 9.59 Å². The Morgan fingerprint density at radius 1 is 1.48 bits per heavy atom. The van der Waals surface area contributed by atoms with E-state index < -0.39 is 5.97 Å². The van der Waals surface area contributed by atoms with E-state index in [0.29, 0.717) is 24.7 Å². The molecule has 1 amide bonds. The number of amides is 1. The normalized spacial score (nSPS) is 17.4. The van der Waals surface area contributed by atoms with Crippen LogP contribution in [0.2, 0.25) is 0 Å². The first-order chi connectivity index (χ1) is 11.0. The van der Waals surface area contributed by atoms with Gasteiger partial charge in [-0.1, -0.05) is 0 Å². The van der Waals surface area contributed by atoms with E-state index in [-0.39, 0.29) is 30.5 Å². The number of rotatable bonds is 8. The second-order valence-corrected chi connectivity index (χ2v) is 5.70. The molecular weight excluding hydrogens is 302 g/mol. The highest BCUT2D eigenvalue weighted by atomic mass is 16.5. The summed E-state index contributed by atoms with van der Waals surface area (Å²) in [6.45, 7) is 3.49. The Bertz CT molecular complexity index is 547. The minimum absolute atomic E-state index is 0.0803. The molecule has 7 heteroatoms. The molecule has 0 bridgehead atoms. The van der Waals surface area contributed by atoms with Gasteiger partial charge in [0.05, 0.1) is 32.3 Å². The van der Waals surface area contributed by atoms with Crippen LogP contribution in [0.25, 0.3) is 0 Å². The fraction of sp³-hybridized carbons (Fsp3) is 0.625. The molecule has 0 aromatic carbocycles. The van der Waals surface area contributed by atoms with E-state index in [1.807, 2.05) is 0 Å². The molecule has 7 nitrogen and oxygen atoms in total. The van der Waals surface area contributed by atoms with Gasteiger partial charge in [0.1, 0.15) is 17.1 Å². The molecule has 0 aliphatic carbocycles. The fourth-order valence-electron chi connectivity index (χ4n) is 2.50. The molecule has 1 N–H and O–H groups in total. The summed E-state index contributed by atoms with van der Waals surface area (Å²) in [6, 6.07) is 1.45. The molecule has 23 heavy (non-hydrogen) atoms. The zero-order valence-electron chi connectivity index (χ0n) is 13.5.